The molecule has 0 aliphatic carbocycles. The van der Waals surface area contributed by atoms with Gasteiger partial charge in [0.2, 0.25) is 5.91 Å². The van der Waals surface area contributed by atoms with Crippen LogP contribution in [-0.4, -0.2) is 61.6 Å². The summed E-state index contributed by atoms with van der Waals surface area (Å²) >= 11 is 1.60. The first kappa shape index (κ1) is 20.9. The summed E-state index contributed by atoms with van der Waals surface area (Å²) in [6.07, 6.45) is 2.47. The van der Waals surface area contributed by atoms with Crippen molar-refractivity contribution >= 4 is 29.6 Å². The molecule has 9 heteroatoms. The Bertz CT molecular complexity index is 712. The van der Waals surface area contributed by atoms with Crippen LogP contribution in [0.25, 0.3) is 0 Å². The number of amides is 4. The first-order valence-corrected chi connectivity index (χ1v) is 9.92. The number of rotatable bonds is 9. The van der Waals surface area contributed by atoms with Gasteiger partial charge >= 0.3 is 6.03 Å². The van der Waals surface area contributed by atoms with Gasteiger partial charge in [-0.05, 0) is 43.6 Å². The zero-order valence-electron chi connectivity index (χ0n) is 15.9. The highest BCUT2D eigenvalue weighted by molar-refractivity contribution is 7.98. The van der Waals surface area contributed by atoms with Crippen LogP contribution in [0.4, 0.5) is 4.79 Å². The first-order chi connectivity index (χ1) is 12.9. The minimum absolute atomic E-state index is 0.322. The van der Waals surface area contributed by atoms with Gasteiger partial charge in [-0.3, -0.25) is 14.5 Å². The van der Waals surface area contributed by atoms with Crippen LogP contribution in [0.15, 0.2) is 18.2 Å². The van der Waals surface area contributed by atoms with E-state index in [4.69, 9.17) is 9.47 Å². The van der Waals surface area contributed by atoms with E-state index in [-0.39, 0.29) is 12.5 Å². The number of hydrogen-bond acceptors (Lipinski definition) is 6. The molecule has 2 rings (SSSR count). The van der Waals surface area contributed by atoms with Crippen molar-refractivity contribution in [3.63, 3.8) is 0 Å². The summed E-state index contributed by atoms with van der Waals surface area (Å²) in [7, 11) is 3.10. The smallest absolute Gasteiger partial charge is 0.325 e. The minimum atomic E-state index is -0.561. The molecule has 0 bridgehead atoms. The molecular weight excluding hydrogens is 370 g/mol. The maximum atomic E-state index is 12.4. The van der Waals surface area contributed by atoms with E-state index in [0.717, 1.165) is 16.2 Å². The predicted octanol–water partition coefficient (Wildman–Crippen LogP) is 1.55. The van der Waals surface area contributed by atoms with Crippen LogP contribution < -0.4 is 20.1 Å². The molecule has 4 amide bonds. The zero-order chi connectivity index (χ0) is 20.0. The van der Waals surface area contributed by atoms with Gasteiger partial charge in [0.05, 0.1) is 20.3 Å². The van der Waals surface area contributed by atoms with Crippen LogP contribution in [0.5, 0.6) is 11.5 Å². The van der Waals surface area contributed by atoms with Gasteiger partial charge in [0, 0.05) is 5.56 Å². The summed E-state index contributed by atoms with van der Waals surface area (Å²) in [5.41, 5.74) is 0.736. The van der Waals surface area contributed by atoms with Crippen molar-refractivity contribution in [2.24, 2.45) is 0 Å². The van der Waals surface area contributed by atoms with Crippen LogP contribution in [0.3, 0.4) is 0 Å². The minimum Gasteiger partial charge on any atom is -0.497 e. The number of carbonyl (C=O) groups excluding carboxylic acids is 3. The third kappa shape index (κ3) is 5.06. The fourth-order valence-corrected chi connectivity index (χ4v) is 3.32. The van der Waals surface area contributed by atoms with Gasteiger partial charge in [-0.15, -0.1) is 0 Å². The predicted molar refractivity (Wildman–Crippen MR) is 103 cm³/mol. The average molecular weight is 395 g/mol. The SMILES string of the molecule is COc1ccc(OC)c([C@H](C)NC(=O)CN2C(=O)N[C@H](CCSC)C2=O)c1. The maximum absolute atomic E-state index is 12.4. The van der Waals surface area contributed by atoms with Crippen molar-refractivity contribution in [3.8, 4) is 11.5 Å². The lowest BCUT2D eigenvalue weighted by molar-refractivity contribution is -0.132. The Morgan fingerprint density at radius 1 is 1.33 bits per heavy atom. The second-order valence-corrected chi connectivity index (χ2v) is 7.09. The highest BCUT2D eigenvalue weighted by Crippen LogP contribution is 2.29. The van der Waals surface area contributed by atoms with Crippen molar-refractivity contribution in [2.75, 3.05) is 32.8 Å². The molecule has 0 spiro atoms. The zero-order valence-corrected chi connectivity index (χ0v) is 16.7. The number of carbonyl (C=O) groups is 3. The molecule has 1 aromatic carbocycles. The lowest BCUT2D eigenvalue weighted by atomic mass is 10.1. The van der Waals surface area contributed by atoms with E-state index in [1.54, 1.807) is 51.1 Å². The molecule has 1 aromatic rings. The van der Waals surface area contributed by atoms with Crippen molar-refractivity contribution < 1.29 is 23.9 Å². The molecule has 148 valence electrons. The van der Waals surface area contributed by atoms with Gasteiger partial charge in [0.15, 0.2) is 0 Å². The van der Waals surface area contributed by atoms with E-state index in [2.05, 4.69) is 10.6 Å². The molecule has 1 fully saturated rings. The molecule has 2 N–H and O–H groups in total. The van der Waals surface area contributed by atoms with Crippen LogP contribution in [0.2, 0.25) is 0 Å². The molecule has 8 nitrogen and oxygen atoms in total. The van der Waals surface area contributed by atoms with Gasteiger partial charge in [-0.1, -0.05) is 0 Å². The Kier molecular flexibility index (Phi) is 7.35. The van der Waals surface area contributed by atoms with Crippen LogP contribution in [0.1, 0.15) is 24.9 Å². The van der Waals surface area contributed by atoms with Gasteiger partial charge in [-0.2, -0.15) is 11.8 Å². The third-order valence-corrected chi connectivity index (χ3v) is 4.94. The molecule has 0 saturated carbocycles. The van der Waals surface area contributed by atoms with Crippen molar-refractivity contribution in [1.29, 1.82) is 0 Å². The van der Waals surface area contributed by atoms with E-state index in [1.165, 1.54) is 0 Å². The molecule has 0 unspecified atom stereocenters. The lowest BCUT2D eigenvalue weighted by Crippen LogP contribution is -2.41. The molecule has 1 aliphatic heterocycles. The summed E-state index contributed by atoms with van der Waals surface area (Å²) in [5, 5.41) is 5.42. The summed E-state index contributed by atoms with van der Waals surface area (Å²) in [4.78, 5) is 37.7. The normalized spacial score (nSPS) is 17.5. The van der Waals surface area contributed by atoms with Crippen molar-refractivity contribution in [2.45, 2.75) is 25.4 Å². The van der Waals surface area contributed by atoms with Crippen molar-refractivity contribution in [1.82, 2.24) is 15.5 Å². The summed E-state index contributed by atoms with van der Waals surface area (Å²) in [5.74, 6) is 1.20. The van der Waals surface area contributed by atoms with E-state index >= 15 is 0 Å². The second-order valence-electron chi connectivity index (χ2n) is 6.11. The number of urea groups is 1. The van der Waals surface area contributed by atoms with Gasteiger partial charge in [-0.25, -0.2) is 4.79 Å². The van der Waals surface area contributed by atoms with Crippen molar-refractivity contribution in [3.05, 3.63) is 23.8 Å². The number of hydrogen-bond donors (Lipinski definition) is 2. The molecule has 0 radical (unpaired) electrons. The molecular formula is C18H25N3O5S. The number of thioether (sulfide) groups is 1. The lowest BCUT2D eigenvalue weighted by Gasteiger charge is -2.20. The number of nitrogens with one attached hydrogen (secondary N) is 2. The second kappa shape index (κ2) is 9.50. The number of methoxy groups -OCH3 is 2. The molecule has 1 heterocycles. The number of nitrogens with zero attached hydrogens (tertiary/aromatic N) is 1. The van der Waals surface area contributed by atoms with Crippen LogP contribution in [-0.2, 0) is 9.59 Å². The molecule has 27 heavy (non-hydrogen) atoms. The third-order valence-electron chi connectivity index (χ3n) is 4.30. The van der Waals surface area contributed by atoms with E-state index < -0.39 is 24.0 Å². The number of ether oxygens (including phenoxy) is 2. The monoisotopic (exact) mass is 395 g/mol. The summed E-state index contributed by atoms with van der Waals surface area (Å²) in [6, 6.07) is 3.80. The quantitative estimate of drug-likeness (QED) is 0.616. The Morgan fingerprint density at radius 2 is 2.07 bits per heavy atom. The first-order valence-electron chi connectivity index (χ1n) is 8.53. The molecule has 0 aromatic heterocycles. The Hall–Kier alpha value is -2.42. The average Bonchev–Trinajstić information content (AvgIpc) is 2.93. The fourth-order valence-electron chi connectivity index (χ4n) is 2.84. The highest BCUT2D eigenvalue weighted by Gasteiger charge is 2.38. The molecule has 2 atom stereocenters. The maximum Gasteiger partial charge on any atom is 0.325 e. The fraction of sp³-hybridized carbons (Fsp3) is 0.500. The summed E-state index contributed by atoms with van der Waals surface area (Å²) in [6.45, 7) is 1.47. The summed E-state index contributed by atoms with van der Waals surface area (Å²) < 4.78 is 10.5. The van der Waals surface area contributed by atoms with Gasteiger partial charge in [0.1, 0.15) is 24.1 Å². The van der Waals surface area contributed by atoms with E-state index in [0.29, 0.717) is 17.9 Å². The highest BCUT2D eigenvalue weighted by atomic mass is 32.2. The van der Waals surface area contributed by atoms with E-state index in [9.17, 15) is 14.4 Å². The molecule has 1 saturated heterocycles. The van der Waals surface area contributed by atoms with E-state index in [1.807, 2.05) is 6.26 Å². The Labute approximate surface area is 162 Å². The van der Waals surface area contributed by atoms with Crippen LogP contribution >= 0.6 is 11.8 Å². The largest absolute Gasteiger partial charge is 0.497 e. The van der Waals surface area contributed by atoms with Gasteiger partial charge in [0.25, 0.3) is 5.91 Å². The standard InChI is InChI=1S/C18H25N3O5S/c1-11(13-9-12(25-2)5-6-15(13)26-3)19-16(22)10-21-17(23)14(7-8-27-4)20-18(21)24/h5-6,9,11,14H,7-8,10H2,1-4H3,(H,19,22)(H,20,24)/t11-,14+/m0/s1. The van der Waals surface area contributed by atoms with Gasteiger partial charge < -0.3 is 20.1 Å². The number of imide groups is 1. The van der Waals surface area contributed by atoms with Crippen LogP contribution in [0, 0.1) is 0 Å². The topological polar surface area (TPSA) is 97.0 Å². The number of benzene rings is 1. The molecule has 1 aliphatic rings. The Balaban J connectivity index is 2.01. The Morgan fingerprint density at radius 3 is 2.70 bits per heavy atom.